The largest absolute Gasteiger partial charge is 0.478 e. The van der Waals surface area contributed by atoms with E-state index in [1.807, 2.05) is 0 Å². The third-order valence-corrected chi connectivity index (χ3v) is 3.27. The number of carboxylic acid groups (broad SMARTS) is 1. The average molecular weight is 206 g/mol. The van der Waals surface area contributed by atoms with Crippen LogP contribution in [0.3, 0.4) is 0 Å². The molecule has 0 unspecified atom stereocenters. The number of H-pyrrole nitrogens is 1. The van der Waals surface area contributed by atoms with E-state index < -0.39 is 5.97 Å². The van der Waals surface area contributed by atoms with Crippen molar-refractivity contribution in [2.24, 2.45) is 0 Å². The molecule has 1 aromatic rings. The summed E-state index contributed by atoms with van der Waals surface area (Å²) in [6, 6.07) is 0. The first-order valence-electron chi connectivity index (χ1n) is 5.45. The summed E-state index contributed by atoms with van der Waals surface area (Å²) >= 11 is 0. The summed E-state index contributed by atoms with van der Waals surface area (Å²) in [5, 5.41) is 12.5. The molecule has 0 spiro atoms. The molecule has 4 heteroatoms. The number of carboxylic acids is 1. The van der Waals surface area contributed by atoms with E-state index in [2.05, 4.69) is 10.3 Å². The predicted molar refractivity (Wildman–Crippen MR) is 55.1 cm³/mol. The van der Waals surface area contributed by atoms with Crippen LogP contribution in [0.25, 0.3) is 0 Å². The van der Waals surface area contributed by atoms with E-state index in [1.165, 1.54) is 0 Å². The molecule has 1 fully saturated rings. The maximum Gasteiger partial charge on any atom is 0.337 e. The van der Waals surface area contributed by atoms with Gasteiger partial charge in [0, 0.05) is 17.9 Å². The van der Waals surface area contributed by atoms with Gasteiger partial charge < -0.3 is 15.4 Å². The molecule has 0 amide bonds. The quantitative estimate of drug-likeness (QED) is 0.682. The molecule has 2 aliphatic rings. The number of fused-ring (bicyclic) bond motifs is 1. The van der Waals surface area contributed by atoms with Crippen LogP contribution >= 0.6 is 0 Å². The number of hydrogen-bond acceptors (Lipinski definition) is 2. The molecule has 2 heterocycles. The van der Waals surface area contributed by atoms with Crippen LogP contribution in [0.4, 0.5) is 0 Å². The second-order valence-corrected chi connectivity index (χ2v) is 4.38. The lowest BCUT2D eigenvalue weighted by Crippen LogP contribution is -2.24. The van der Waals surface area contributed by atoms with Crippen molar-refractivity contribution in [3.63, 3.8) is 0 Å². The number of nitrogens with one attached hydrogen (secondary N) is 2. The number of aromatic amines is 1. The standard InChI is InChI=1S/C11H14N2O2/c14-11(15)9-7-3-4-12-5-8(7)13-10(9)6-1-2-6/h6,12-13H,1-5H2,(H,14,15). The minimum absolute atomic E-state index is 0.474. The molecule has 80 valence electrons. The minimum Gasteiger partial charge on any atom is -0.478 e. The molecule has 0 saturated heterocycles. The Bertz CT molecular complexity index is 418. The molecular formula is C11H14N2O2. The van der Waals surface area contributed by atoms with Gasteiger partial charge in [0.05, 0.1) is 5.56 Å². The van der Waals surface area contributed by atoms with E-state index in [0.717, 1.165) is 49.3 Å². The molecule has 1 aromatic heterocycles. The van der Waals surface area contributed by atoms with Crippen LogP contribution in [-0.4, -0.2) is 22.6 Å². The summed E-state index contributed by atoms with van der Waals surface area (Å²) in [5.41, 5.74) is 3.65. The number of aromatic carboxylic acids is 1. The van der Waals surface area contributed by atoms with Crippen LogP contribution in [0.15, 0.2) is 0 Å². The minimum atomic E-state index is -0.767. The van der Waals surface area contributed by atoms with Gasteiger partial charge in [0.2, 0.25) is 0 Å². The predicted octanol–water partition coefficient (Wildman–Crippen LogP) is 1.24. The zero-order valence-corrected chi connectivity index (χ0v) is 8.47. The number of hydrogen-bond donors (Lipinski definition) is 3. The molecule has 1 saturated carbocycles. The Labute approximate surface area is 87.7 Å². The van der Waals surface area contributed by atoms with Crippen molar-refractivity contribution in [2.45, 2.75) is 31.7 Å². The van der Waals surface area contributed by atoms with Crippen LogP contribution in [0.5, 0.6) is 0 Å². The molecule has 1 aliphatic heterocycles. The molecule has 3 N–H and O–H groups in total. The van der Waals surface area contributed by atoms with Gasteiger partial charge in [-0.05, 0) is 37.3 Å². The van der Waals surface area contributed by atoms with Gasteiger partial charge >= 0.3 is 5.97 Å². The summed E-state index contributed by atoms with van der Waals surface area (Å²) < 4.78 is 0. The molecule has 0 radical (unpaired) electrons. The fourth-order valence-corrected chi connectivity index (χ4v) is 2.39. The highest BCUT2D eigenvalue weighted by Crippen LogP contribution is 2.42. The summed E-state index contributed by atoms with van der Waals surface area (Å²) in [6.45, 7) is 1.66. The normalized spacial score (nSPS) is 20.0. The topological polar surface area (TPSA) is 65.1 Å². The highest BCUT2D eigenvalue weighted by Gasteiger charge is 2.33. The molecule has 1 aliphatic carbocycles. The second-order valence-electron chi connectivity index (χ2n) is 4.38. The third-order valence-electron chi connectivity index (χ3n) is 3.27. The molecule has 15 heavy (non-hydrogen) atoms. The number of carbonyl (C=O) groups is 1. The lowest BCUT2D eigenvalue weighted by Gasteiger charge is -2.12. The van der Waals surface area contributed by atoms with Crippen LogP contribution in [0.2, 0.25) is 0 Å². The highest BCUT2D eigenvalue weighted by atomic mass is 16.4. The summed E-state index contributed by atoms with van der Waals surface area (Å²) in [7, 11) is 0. The number of rotatable bonds is 2. The molecule has 0 bridgehead atoms. The summed E-state index contributed by atoms with van der Waals surface area (Å²) in [6.07, 6.45) is 3.10. The van der Waals surface area contributed by atoms with Crippen molar-refractivity contribution >= 4 is 5.97 Å². The molecule has 0 aromatic carbocycles. The Morgan fingerprint density at radius 3 is 2.87 bits per heavy atom. The van der Waals surface area contributed by atoms with E-state index in [9.17, 15) is 9.90 Å². The Morgan fingerprint density at radius 2 is 2.20 bits per heavy atom. The van der Waals surface area contributed by atoms with Crippen LogP contribution in [0, 0.1) is 0 Å². The second kappa shape index (κ2) is 3.10. The Kier molecular flexibility index (Phi) is 1.85. The average Bonchev–Trinajstić information content (AvgIpc) is 2.98. The van der Waals surface area contributed by atoms with Gasteiger partial charge in [0.15, 0.2) is 0 Å². The fourth-order valence-electron chi connectivity index (χ4n) is 2.39. The summed E-state index contributed by atoms with van der Waals surface area (Å²) in [5.74, 6) is -0.294. The lowest BCUT2D eigenvalue weighted by molar-refractivity contribution is 0.0694. The fraction of sp³-hybridized carbons (Fsp3) is 0.545. The molecule has 0 atom stereocenters. The lowest BCUT2D eigenvalue weighted by atomic mass is 10.0. The van der Waals surface area contributed by atoms with Crippen LogP contribution in [0.1, 0.15) is 46.1 Å². The molecular weight excluding hydrogens is 192 g/mol. The van der Waals surface area contributed by atoms with E-state index in [0.29, 0.717) is 11.5 Å². The maximum atomic E-state index is 11.2. The smallest absolute Gasteiger partial charge is 0.337 e. The van der Waals surface area contributed by atoms with Gasteiger partial charge in [0.1, 0.15) is 0 Å². The van der Waals surface area contributed by atoms with Gasteiger partial charge in [-0.15, -0.1) is 0 Å². The maximum absolute atomic E-state index is 11.2. The van der Waals surface area contributed by atoms with Crippen molar-refractivity contribution in [2.75, 3.05) is 6.54 Å². The summed E-state index contributed by atoms with van der Waals surface area (Å²) in [4.78, 5) is 14.5. The van der Waals surface area contributed by atoms with E-state index in [1.54, 1.807) is 0 Å². The first-order valence-corrected chi connectivity index (χ1v) is 5.45. The Morgan fingerprint density at radius 1 is 1.40 bits per heavy atom. The van der Waals surface area contributed by atoms with Crippen molar-refractivity contribution in [1.82, 2.24) is 10.3 Å². The first-order chi connectivity index (χ1) is 7.27. The SMILES string of the molecule is O=C(O)c1c(C2CC2)[nH]c2c1CCNC2. The van der Waals surface area contributed by atoms with Gasteiger partial charge in [-0.25, -0.2) is 4.79 Å². The van der Waals surface area contributed by atoms with Gasteiger partial charge in [-0.3, -0.25) is 0 Å². The van der Waals surface area contributed by atoms with Gasteiger partial charge in [-0.1, -0.05) is 0 Å². The third kappa shape index (κ3) is 1.36. The monoisotopic (exact) mass is 206 g/mol. The van der Waals surface area contributed by atoms with E-state index >= 15 is 0 Å². The number of aromatic nitrogens is 1. The van der Waals surface area contributed by atoms with Crippen molar-refractivity contribution in [3.05, 3.63) is 22.5 Å². The highest BCUT2D eigenvalue weighted by molar-refractivity contribution is 5.92. The van der Waals surface area contributed by atoms with Crippen molar-refractivity contribution in [1.29, 1.82) is 0 Å². The van der Waals surface area contributed by atoms with Crippen LogP contribution < -0.4 is 5.32 Å². The Hall–Kier alpha value is -1.29. The molecule has 4 nitrogen and oxygen atoms in total. The molecule has 3 rings (SSSR count). The van der Waals surface area contributed by atoms with Crippen LogP contribution in [-0.2, 0) is 13.0 Å². The van der Waals surface area contributed by atoms with E-state index in [4.69, 9.17) is 0 Å². The van der Waals surface area contributed by atoms with Gasteiger partial charge in [-0.2, -0.15) is 0 Å². The van der Waals surface area contributed by atoms with Gasteiger partial charge in [0.25, 0.3) is 0 Å². The van der Waals surface area contributed by atoms with Crippen molar-refractivity contribution < 1.29 is 9.90 Å². The zero-order chi connectivity index (χ0) is 10.4. The first kappa shape index (κ1) is 8.97. The zero-order valence-electron chi connectivity index (χ0n) is 8.47. The van der Waals surface area contributed by atoms with E-state index in [-0.39, 0.29) is 0 Å². The Balaban J connectivity index is 2.13. The van der Waals surface area contributed by atoms with Crippen molar-refractivity contribution in [3.8, 4) is 0 Å².